The maximum atomic E-state index is 12.5. The molecule has 0 aliphatic rings. The average molecular weight is 347 g/mol. The van der Waals surface area contributed by atoms with Crippen LogP contribution in [0, 0.1) is 19.3 Å². The Kier molecular flexibility index (Phi) is 5.39. The molecule has 1 heterocycles. The van der Waals surface area contributed by atoms with Crippen molar-refractivity contribution in [1.82, 2.24) is 14.8 Å². The highest BCUT2D eigenvalue weighted by atomic mass is 32.2. The lowest BCUT2D eigenvalue weighted by atomic mass is 10.2. The van der Waals surface area contributed by atoms with E-state index in [2.05, 4.69) is 15.8 Å². The summed E-state index contributed by atoms with van der Waals surface area (Å²) in [5.41, 5.74) is 0.865. The minimum atomic E-state index is -3.75. The molecular weight excluding hydrogens is 330 g/mol. The van der Waals surface area contributed by atoms with Crippen molar-refractivity contribution in [2.75, 3.05) is 13.6 Å². The zero-order chi connectivity index (χ0) is 17.7. The lowest BCUT2D eigenvalue weighted by molar-refractivity contribution is 0.0782. The van der Waals surface area contributed by atoms with Gasteiger partial charge in [-0.3, -0.25) is 4.79 Å². The Morgan fingerprint density at radius 2 is 2.17 bits per heavy atom. The molecule has 0 bridgehead atoms. The third-order valence-corrected chi connectivity index (χ3v) is 4.58. The van der Waals surface area contributed by atoms with Crippen molar-refractivity contribution < 1.29 is 17.7 Å². The third-order valence-electron chi connectivity index (χ3n) is 3.18. The monoisotopic (exact) mass is 347 g/mol. The van der Waals surface area contributed by atoms with Gasteiger partial charge >= 0.3 is 0 Å². The lowest BCUT2D eigenvalue weighted by Crippen LogP contribution is -2.27. The molecule has 7 nitrogen and oxygen atoms in total. The van der Waals surface area contributed by atoms with Crippen LogP contribution in [0.15, 0.2) is 39.8 Å². The molecule has 0 saturated heterocycles. The molecule has 0 unspecified atom stereocenters. The van der Waals surface area contributed by atoms with Crippen molar-refractivity contribution in [3.63, 3.8) is 0 Å². The maximum absolute atomic E-state index is 12.5. The molecule has 8 heteroatoms. The SMILES string of the molecule is C#CCNS(=O)(=O)c1cccc(C(=O)N(C)Cc2cc(C)on2)c1. The van der Waals surface area contributed by atoms with Crippen LogP contribution >= 0.6 is 0 Å². The second kappa shape index (κ2) is 7.29. The van der Waals surface area contributed by atoms with Gasteiger partial charge in [-0.25, -0.2) is 8.42 Å². The molecule has 0 fully saturated rings. The first kappa shape index (κ1) is 17.7. The smallest absolute Gasteiger partial charge is 0.253 e. The molecule has 1 amide bonds. The molecule has 1 aromatic carbocycles. The van der Waals surface area contributed by atoms with Gasteiger partial charge in [0.15, 0.2) is 0 Å². The van der Waals surface area contributed by atoms with Gasteiger partial charge in [-0.1, -0.05) is 17.1 Å². The van der Waals surface area contributed by atoms with Crippen LogP contribution < -0.4 is 4.72 Å². The van der Waals surface area contributed by atoms with Crippen LogP contribution in [-0.2, 0) is 16.6 Å². The van der Waals surface area contributed by atoms with E-state index in [0.29, 0.717) is 11.5 Å². The second-order valence-corrected chi connectivity index (χ2v) is 6.91. The van der Waals surface area contributed by atoms with E-state index in [-0.39, 0.29) is 29.5 Å². The number of nitrogens with one attached hydrogen (secondary N) is 1. The zero-order valence-electron chi connectivity index (χ0n) is 13.3. The Labute approximate surface area is 140 Å². The quantitative estimate of drug-likeness (QED) is 0.792. The summed E-state index contributed by atoms with van der Waals surface area (Å²) >= 11 is 0. The summed E-state index contributed by atoms with van der Waals surface area (Å²) in [7, 11) is -2.15. The van der Waals surface area contributed by atoms with E-state index in [4.69, 9.17) is 10.9 Å². The molecule has 0 aliphatic carbocycles. The highest BCUT2D eigenvalue weighted by Gasteiger charge is 2.18. The molecule has 0 aliphatic heterocycles. The van der Waals surface area contributed by atoms with Crippen LogP contribution in [0.3, 0.4) is 0 Å². The Bertz CT molecular complexity index is 881. The highest BCUT2D eigenvalue weighted by Crippen LogP contribution is 2.14. The summed E-state index contributed by atoms with van der Waals surface area (Å²) < 4.78 is 31.4. The van der Waals surface area contributed by atoms with Crippen molar-refractivity contribution in [1.29, 1.82) is 0 Å². The van der Waals surface area contributed by atoms with E-state index < -0.39 is 10.0 Å². The number of hydrogen-bond donors (Lipinski definition) is 1. The topological polar surface area (TPSA) is 92.5 Å². The van der Waals surface area contributed by atoms with Gasteiger partial charge in [0.2, 0.25) is 10.0 Å². The maximum Gasteiger partial charge on any atom is 0.253 e. The summed E-state index contributed by atoms with van der Waals surface area (Å²) in [5.74, 6) is 2.52. The van der Waals surface area contributed by atoms with Crippen molar-refractivity contribution in [3.8, 4) is 12.3 Å². The summed E-state index contributed by atoms with van der Waals surface area (Å²) in [6.07, 6.45) is 5.06. The molecule has 0 radical (unpaired) electrons. The molecule has 0 spiro atoms. The van der Waals surface area contributed by atoms with Gasteiger partial charge in [0.25, 0.3) is 5.91 Å². The summed E-state index contributed by atoms with van der Waals surface area (Å²) in [6, 6.07) is 7.50. The number of aryl methyl sites for hydroxylation is 1. The van der Waals surface area contributed by atoms with Gasteiger partial charge in [-0.2, -0.15) is 4.72 Å². The van der Waals surface area contributed by atoms with Crippen LogP contribution in [0.5, 0.6) is 0 Å². The van der Waals surface area contributed by atoms with Gasteiger partial charge in [-0.05, 0) is 25.1 Å². The average Bonchev–Trinajstić information content (AvgIpc) is 2.97. The Balaban J connectivity index is 2.18. The first-order chi connectivity index (χ1) is 11.3. The minimum absolute atomic E-state index is 0.0192. The number of hydrogen-bond acceptors (Lipinski definition) is 5. The summed E-state index contributed by atoms with van der Waals surface area (Å²) in [6.45, 7) is 1.89. The zero-order valence-corrected chi connectivity index (χ0v) is 14.1. The van der Waals surface area contributed by atoms with E-state index >= 15 is 0 Å². The summed E-state index contributed by atoms with van der Waals surface area (Å²) in [4.78, 5) is 13.9. The minimum Gasteiger partial charge on any atom is -0.361 e. The molecule has 0 atom stereocenters. The van der Waals surface area contributed by atoms with Crippen molar-refractivity contribution >= 4 is 15.9 Å². The van der Waals surface area contributed by atoms with E-state index in [1.807, 2.05) is 0 Å². The number of benzene rings is 1. The Morgan fingerprint density at radius 1 is 1.42 bits per heavy atom. The van der Waals surface area contributed by atoms with Crippen LogP contribution in [0.1, 0.15) is 21.8 Å². The Morgan fingerprint density at radius 3 is 2.79 bits per heavy atom. The van der Waals surface area contributed by atoms with Crippen LogP contribution in [0.2, 0.25) is 0 Å². The first-order valence-corrected chi connectivity index (χ1v) is 8.52. The van der Waals surface area contributed by atoms with E-state index in [1.54, 1.807) is 26.1 Å². The molecule has 2 rings (SSSR count). The predicted octanol–water partition coefficient (Wildman–Crippen LogP) is 1.17. The Hall–Kier alpha value is -2.63. The summed E-state index contributed by atoms with van der Waals surface area (Å²) in [5, 5.41) is 3.83. The molecule has 24 heavy (non-hydrogen) atoms. The normalized spacial score (nSPS) is 11.0. The molecule has 1 aromatic heterocycles. The lowest BCUT2D eigenvalue weighted by Gasteiger charge is -2.16. The van der Waals surface area contributed by atoms with Gasteiger partial charge in [0.1, 0.15) is 11.5 Å². The van der Waals surface area contributed by atoms with Gasteiger partial charge < -0.3 is 9.42 Å². The number of carbonyl (C=O) groups excluding carboxylic acids is 1. The number of aromatic nitrogens is 1. The van der Waals surface area contributed by atoms with Crippen LogP contribution in [0.4, 0.5) is 0 Å². The predicted molar refractivity (Wildman–Crippen MR) is 87.5 cm³/mol. The fourth-order valence-electron chi connectivity index (χ4n) is 2.04. The molecule has 2 aromatic rings. The number of nitrogens with zero attached hydrogens (tertiary/aromatic N) is 2. The molecule has 1 N–H and O–H groups in total. The van der Waals surface area contributed by atoms with Gasteiger partial charge in [-0.15, -0.1) is 6.42 Å². The van der Waals surface area contributed by atoms with Crippen molar-refractivity contribution in [3.05, 3.63) is 47.3 Å². The molecule has 126 valence electrons. The van der Waals surface area contributed by atoms with Crippen LogP contribution in [0.25, 0.3) is 0 Å². The van der Waals surface area contributed by atoms with E-state index in [9.17, 15) is 13.2 Å². The second-order valence-electron chi connectivity index (χ2n) is 5.15. The number of sulfonamides is 1. The van der Waals surface area contributed by atoms with Crippen molar-refractivity contribution in [2.24, 2.45) is 0 Å². The third kappa shape index (κ3) is 4.22. The number of amides is 1. The van der Waals surface area contributed by atoms with Gasteiger partial charge in [0.05, 0.1) is 18.0 Å². The van der Waals surface area contributed by atoms with Crippen molar-refractivity contribution in [2.45, 2.75) is 18.4 Å². The first-order valence-electron chi connectivity index (χ1n) is 7.04. The van der Waals surface area contributed by atoms with Crippen LogP contribution in [-0.4, -0.2) is 38.0 Å². The molecular formula is C16H17N3O4S. The fourth-order valence-corrected chi connectivity index (χ4v) is 3.02. The number of rotatable bonds is 6. The highest BCUT2D eigenvalue weighted by molar-refractivity contribution is 7.89. The molecule has 0 saturated carbocycles. The standard InChI is InChI=1S/C16H17N3O4S/c1-4-8-17-24(21,22)15-7-5-6-13(10-15)16(20)19(3)11-14-9-12(2)23-18-14/h1,5-7,9-10,17H,8,11H2,2-3H3. The number of carbonyl (C=O) groups is 1. The van der Waals surface area contributed by atoms with Gasteiger partial charge in [0, 0.05) is 18.7 Å². The van der Waals surface area contributed by atoms with E-state index in [0.717, 1.165) is 0 Å². The number of terminal acetylenes is 1. The largest absolute Gasteiger partial charge is 0.361 e. The fraction of sp³-hybridized carbons (Fsp3) is 0.250. The van der Waals surface area contributed by atoms with E-state index in [1.165, 1.54) is 23.1 Å².